The van der Waals surface area contributed by atoms with Crippen LogP contribution < -0.4 is 5.32 Å². The minimum absolute atomic E-state index is 0.0225. The highest BCUT2D eigenvalue weighted by Gasteiger charge is 2.18. The fourth-order valence-corrected chi connectivity index (χ4v) is 1.36. The smallest absolute Gasteiger partial charge is 0.162 e. The van der Waals surface area contributed by atoms with Gasteiger partial charge >= 0.3 is 0 Å². The van der Waals surface area contributed by atoms with Crippen LogP contribution in [0, 0.1) is 16.2 Å². The Hall–Kier alpha value is -1.12. The molecule has 0 aliphatic heterocycles. The van der Waals surface area contributed by atoms with Crippen molar-refractivity contribution in [3.05, 3.63) is 12.3 Å². The molecule has 148 valence electrons. The molecule has 0 aromatic carbocycles. The molecule has 25 heavy (non-hydrogen) atoms. The lowest BCUT2D eigenvalue weighted by Crippen LogP contribution is -2.31. The van der Waals surface area contributed by atoms with Crippen LogP contribution in [0.15, 0.2) is 17.3 Å². The molecular weight excluding hydrogens is 308 g/mol. The monoisotopic (exact) mass is 352 g/mol. The van der Waals surface area contributed by atoms with E-state index in [1.807, 2.05) is 20.8 Å². The molecule has 0 bridgehead atoms. The lowest BCUT2D eigenvalue weighted by atomic mass is 9.91. The van der Waals surface area contributed by atoms with E-state index in [4.69, 9.17) is 0 Å². The Balaban J connectivity index is 0. The van der Waals surface area contributed by atoms with Gasteiger partial charge in [0, 0.05) is 29.9 Å². The molecule has 0 atom stereocenters. The van der Waals surface area contributed by atoms with Gasteiger partial charge in [-0.15, -0.1) is 0 Å². The van der Waals surface area contributed by atoms with Crippen LogP contribution in [-0.4, -0.2) is 24.1 Å². The lowest BCUT2D eigenvalue weighted by Gasteiger charge is -2.19. The standard InChI is InChI=1S/C11H21NO.C11H23N/c1-10(2,3)9(13)7-8-12-11(4,5)6;1-10(2,3)7-8-12-9-11(4,5)6/h7-8,12H,1-6H3;9H,7-8H2,1-6H3/b8-7+;. The molecule has 0 aliphatic carbocycles. The van der Waals surface area contributed by atoms with Crippen LogP contribution >= 0.6 is 0 Å². The number of carbonyl (C=O) groups is 1. The molecule has 0 saturated carbocycles. The summed E-state index contributed by atoms with van der Waals surface area (Å²) in [4.78, 5) is 15.8. The second-order valence-corrected chi connectivity index (χ2v) is 11.1. The summed E-state index contributed by atoms with van der Waals surface area (Å²) in [5, 5.41) is 3.12. The zero-order valence-electron chi connectivity index (χ0n) is 19.0. The van der Waals surface area contributed by atoms with Crippen molar-refractivity contribution in [1.29, 1.82) is 0 Å². The van der Waals surface area contributed by atoms with E-state index in [-0.39, 0.29) is 22.2 Å². The number of nitrogens with one attached hydrogen (secondary N) is 1. The Morgan fingerprint density at radius 2 is 1.36 bits per heavy atom. The molecule has 3 heteroatoms. The Morgan fingerprint density at radius 3 is 1.68 bits per heavy atom. The summed E-state index contributed by atoms with van der Waals surface area (Å²) in [5.41, 5.74) is 0.387. The maximum atomic E-state index is 11.4. The summed E-state index contributed by atoms with van der Waals surface area (Å²) in [5.74, 6) is 0.143. The van der Waals surface area contributed by atoms with Gasteiger partial charge in [0.05, 0.1) is 0 Å². The largest absolute Gasteiger partial charge is 0.386 e. The molecule has 0 rings (SSSR count). The van der Waals surface area contributed by atoms with Crippen molar-refractivity contribution in [3.63, 3.8) is 0 Å². The summed E-state index contributed by atoms with van der Waals surface area (Å²) in [7, 11) is 0. The van der Waals surface area contributed by atoms with Gasteiger partial charge in [-0.05, 0) is 44.1 Å². The molecule has 0 saturated heterocycles. The maximum Gasteiger partial charge on any atom is 0.162 e. The van der Waals surface area contributed by atoms with E-state index in [0.717, 1.165) is 6.54 Å². The van der Waals surface area contributed by atoms with Crippen LogP contribution in [0.3, 0.4) is 0 Å². The van der Waals surface area contributed by atoms with Gasteiger partial charge in [0.25, 0.3) is 0 Å². The Labute approximate surface area is 157 Å². The molecule has 0 aromatic rings. The number of rotatable bonds is 4. The normalized spacial score (nSPS) is 13.8. The Morgan fingerprint density at radius 1 is 0.880 bits per heavy atom. The predicted octanol–water partition coefficient (Wildman–Crippen LogP) is 6.04. The average molecular weight is 353 g/mol. The molecular formula is C22H44N2O. The lowest BCUT2D eigenvalue weighted by molar-refractivity contribution is -0.121. The van der Waals surface area contributed by atoms with Crippen LogP contribution in [0.25, 0.3) is 0 Å². The van der Waals surface area contributed by atoms with E-state index >= 15 is 0 Å². The molecule has 0 aliphatic rings. The third kappa shape index (κ3) is 22.9. The number of nitrogens with zero attached hydrogens (tertiary/aromatic N) is 1. The number of hydrogen-bond acceptors (Lipinski definition) is 3. The van der Waals surface area contributed by atoms with Crippen LogP contribution in [0.1, 0.15) is 89.5 Å². The number of allylic oxidation sites excluding steroid dienone is 1. The van der Waals surface area contributed by atoms with E-state index in [0.29, 0.717) is 5.41 Å². The van der Waals surface area contributed by atoms with Gasteiger partial charge in [-0.3, -0.25) is 9.79 Å². The predicted molar refractivity (Wildman–Crippen MR) is 113 cm³/mol. The fourth-order valence-electron chi connectivity index (χ4n) is 1.36. The van der Waals surface area contributed by atoms with Crippen LogP contribution in [0.5, 0.6) is 0 Å². The second-order valence-electron chi connectivity index (χ2n) is 11.1. The summed E-state index contributed by atoms with van der Waals surface area (Å²) >= 11 is 0. The quantitative estimate of drug-likeness (QED) is 0.495. The summed E-state index contributed by atoms with van der Waals surface area (Å²) in [6, 6.07) is 0. The molecule has 0 spiro atoms. The summed E-state index contributed by atoms with van der Waals surface area (Å²) in [6.07, 6.45) is 6.55. The first-order chi connectivity index (χ1) is 10.8. The van der Waals surface area contributed by atoms with Crippen molar-refractivity contribution >= 4 is 12.0 Å². The van der Waals surface area contributed by atoms with Gasteiger partial charge in [0.2, 0.25) is 0 Å². The first-order valence-electron chi connectivity index (χ1n) is 9.33. The zero-order chi connectivity index (χ0) is 20.5. The van der Waals surface area contributed by atoms with Crippen LogP contribution in [0.2, 0.25) is 0 Å². The van der Waals surface area contributed by atoms with Crippen molar-refractivity contribution in [3.8, 4) is 0 Å². The van der Waals surface area contributed by atoms with Gasteiger partial charge in [0.1, 0.15) is 0 Å². The summed E-state index contributed by atoms with van der Waals surface area (Å²) < 4.78 is 0. The van der Waals surface area contributed by atoms with Crippen molar-refractivity contribution in [2.24, 2.45) is 21.2 Å². The third-order valence-corrected chi connectivity index (χ3v) is 2.96. The van der Waals surface area contributed by atoms with Crippen molar-refractivity contribution in [2.45, 2.75) is 95.0 Å². The Bertz CT molecular complexity index is 433. The highest BCUT2D eigenvalue weighted by molar-refractivity contribution is 5.93. The van der Waals surface area contributed by atoms with E-state index in [2.05, 4.69) is 78.8 Å². The summed E-state index contributed by atoms with van der Waals surface area (Å²) in [6.45, 7) is 26.1. The molecule has 0 radical (unpaired) electrons. The highest BCUT2D eigenvalue weighted by Crippen LogP contribution is 2.18. The van der Waals surface area contributed by atoms with E-state index in [1.165, 1.54) is 6.42 Å². The molecule has 0 amide bonds. The van der Waals surface area contributed by atoms with E-state index in [9.17, 15) is 4.79 Å². The minimum atomic E-state index is -0.282. The van der Waals surface area contributed by atoms with Crippen LogP contribution in [-0.2, 0) is 4.79 Å². The van der Waals surface area contributed by atoms with E-state index < -0.39 is 0 Å². The first kappa shape index (κ1) is 26.1. The van der Waals surface area contributed by atoms with Crippen molar-refractivity contribution in [1.82, 2.24) is 5.32 Å². The van der Waals surface area contributed by atoms with Crippen molar-refractivity contribution < 1.29 is 4.79 Å². The molecule has 0 unspecified atom stereocenters. The number of ketones is 1. The topological polar surface area (TPSA) is 41.5 Å². The van der Waals surface area contributed by atoms with E-state index in [1.54, 1.807) is 12.3 Å². The van der Waals surface area contributed by atoms with Gasteiger partial charge in [-0.1, -0.05) is 62.3 Å². The van der Waals surface area contributed by atoms with Crippen molar-refractivity contribution in [2.75, 3.05) is 6.54 Å². The fraction of sp³-hybridized carbons (Fsp3) is 0.818. The van der Waals surface area contributed by atoms with Crippen LogP contribution in [0.4, 0.5) is 0 Å². The van der Waals surface area contributed by atoms with Gasteiger partial charge < -0.3 is 5.32 Å². The average Bonchev–Trinajstić information content (AvgIpc) is 2.30. The second kappa shape index (κ2) is 10.1. The molecule has 0 aromatic heterocycles. The maximum absolute atomic E-state index is 11.4. The number of hydrogen-bond donors (Lipinski definition) is 1. The molecule has 0 fully saturated rings. The van der Waals surface area contributed by atoms with Gasteiger partial charge in [-0.25, -0.2) is 0 Å². The SMILES string of the molecule is CC(C)(C)C=NCCC(C)(C)C.CC(C)(C)N/C=C/C(=O)C(C)(C)C. The van der Waals surface area contributed by atoms with Gasteiger partial charge in [-0.2, -0.15) is 0 Å². The highest BCUT2D eigenvalue weighted by atomic mass is 16.1. The zero-order valence-corrected chi connectivity index (χ0v) is 19.0. The Kier molecular flexibility index (Phi) is 10.6. The van der Waals surface area contributed by atoms with Gasteiger partial charge in [0.15, 0.2) is 5.78 Å². The molecule has 0 heterocycles. The number of aliphatic imine (C=N–C) groups is 1. The minimum Gasteiger partial charge on any atom is -0.386 e. The third-order valence-electron chi connectivity index (χ3n) is 2.96. The molecule has 1 N–H and O–H groups in total. The first-order valence-corrected chi connectivity index (χ1v) is 9.33. The molecule has 3 nitrogen and oxygen atoms in total. The number of carbonyl (C=O) groups excluding carboxylic acids is 1.